The molecule has 34 heavy (non-hydrogen) atoms. The molecule has 0 radical (unpaired) electrons. The third-order valence-corrected chi connectivity index (χ3v) is 7.17. The summed E-state index contributed by atoms with van der Waals surface area (Å²) >= 11 is 0. The van der Waals surface area contributed by atoms with Gasteiger partial charge in [0.05, 0.1) is 0 Å². The number of amides is 2. The van der Waals surface area contributed by atoms with Crippen LogP contribution < -0.4 is 11.1 Å². The smallest absolute Gasteiger partial charge is 0.257 e. The molecule has 0 saturated carbocycles. The fourth-order valence-corrected chi connectivity index (χ4v) is 5.18. The first-order chi connectivity index (χ1) is 16.5. The van der Waals surface area contributed by atoms with E-state index in [1.165, 1.54) is 16.0 Å². The molecular formula is C29H29N3O2. The zero-order valence-electron chi connectivity index (χ0n) is 19.3. The average molecular weight is 452 g/mol. The van der Waals surface area contributed by atoms with Gasteiger partial charge in [-0.3, -0.25) is 14.5 Å². The molecule has 5 nitrogen and oxygen atoms in total. The number of para-hydroxylation sites is 1. The van der Waals surface area contributed by atoms with Gasteiger partial charge >= 0.3 is 0 Å². The molecule has 172 valence electrons. The fourth-order valence-electron chi connectivity index (χ4n) is 5.18. The van der Waals surface area contributed by atoms with E-state index in [9.17, 15) is 9.59 Å². The second-order valence-corrected chi connectivity index (χ2v) is 9.28. The number of nitrogen functional groups attached to an aromatic ring is 1. The van der Waals surface area contributed by atoms with Crippen molar-refractivity contribution in [3.05, 3.63) is 107 Å². The van der Waals surface area contributed by atoms with Gasteiger partial charge in [0.15, 0.2) is 0 Å². The lowest BCUT2D eigenvalue weighted by molar-refractivity contribution is -0.144. The van der Waals surface area contributed by atoms with Gasteiger partial charge in [-0.2, -0.15) is 0 Å². The highest BCUT2D eigenvalue weighted by atomic mass is 16.2. The number of nitrogens with zero attached hydrogens (tertiary/aromatic N) is 1. The minimum absolute atomic E-state index is 0.0433. The maximum Gasteiger partial charge on any atom is 0.257 e. The Balaban J connectivity index is 1.24. The van der Waals surface area contributed by atoms with Crippen LogP contribution in [0, 0.1) is 11.3 Å². The molecule has 1 saturated heterocycles. The highest BCUT2D eigenvalue weighted by Gasteiger charge is 2.52. The van der Waals surface area contributed by atoms with Crippen molar-refractivity contribution in [2.24, 2.45) is 11.3 Å². The first-order valence-electron chi connectivity index (χ1n) is 11.8. The van der Waals surface area contributed by atoms with Gasteiger partial charge in [0, 0.05) is 46.9 Å². The lowest BCUT2D eigenvalue weighted by Gasteiger charge is -2.47. The van der Waals surface area contributed by atoms with E-state index in [0.29, 0.717) is 30.7 Å². The number of nitrogens with two attached hydrogens (primary N) is 1. The Morgan fingerprint density at radius 2 is 1.59 bits per heavy atom. The summed E-state index contributed by atoms with van der Waals surface area (Å²) in [5.74, 6) is -0.294. The Labute approximate surface area is 200 Å². The molecule has 0 unspecified atom stereocenters. The summed E-state index contributed by atoms with van der Waals surface area (Å²) < 4.78 is 0. The molecule has 5 heteroatoms. The Bertz CT molecular complexity index is 1210. The Morgan fingerprint density at radius 3 is 2.26 bits per heavy atom. The van der Waals surface area contributed by atoms with Crippen LogP contribution >= 0.6 is 0 Å². The number of imide groups is 1. The third kappa shape index (κ3) is 3.77. The van der Waals surface area contributed by atoms with Gasteiger partial charge in [-0.15, -0.1) is 0 Å². The Hall–Kier alpha value is -3.86. The van der Waals surface area contributed by atoms with Crippen molar-refractivity contribution in [2.45, 2.75) is 19.8 Å². The van der Waals surface area contributed by atoms with Crippen LogP contribution in [0.2, 0.25) is 0 Å². The van der Waals surface area contributed by atoms with Gasteiger partial charge in [-0.1, -0.05) is 73.7 Å². The van der Waals surface area contributed by atoms with Crippen molar-refractivity contribution in [3.63, 3.8) is 0 Å². The van der Waals surface area contributed by atoms with Crippen molar-refractivity contribution in [1.82, 2.24) is 4.90 Å². The van der Waals surface area contributed by atoms with Gasteiger partial charge in [0.1, 0.15) is 0 Å². The van der Waals surface area contributed by atoms with Crippen LogP contribution in [0.25, 0.3) is 0 Å². The normalized spacial score (nSPS) is 22.9. The van der Waals surface area contributed by atoms with Crippen LogP contribution in [0.15, 0.2) is 96.1 Å². The van der Waals surface area contributed by atoms with E-state index in [1.54, 1.807) is 0 Å². The maximum atomic E-state index is 13.3. The average Bonchev–Trinajstić information content (AvgIpc) is 2.84. The number of piperidine rings is 1. The number of carbonyl (C=O) groups excluding carboxylic acids is 2. The third-order valence-electron chi connectivity index (χ3n) is 7.17. The number of anilines is 2. The quantitative estimate of drug-likeness (QED) is 0.365. The van der Waals surface area contributed by atoms with E-state index >= 15 is 0 Å². The van der Waals surface area contributed by atoms with Gasteiger partial charge in [-0.25, -0.2) is 0 Å². The molecule has 2 amide bonds. The minimum Gasteiger partial charge on any atom is -0.399 e. The maximum absolute atomic E-state index is 13.3. The van der Waals surface area contributed by atoms with Crippen molar-refractivity contribution < 1.29 is 9.59 Å². The van der Waals surface area contributed by atoms with E-state index in [1.807, 2.05) is 67.6 Å². The number of nitrogens with one attached hydrogen (secondary N) is 1. The first kappa shape index (κ1) is 22.0. The molecule has 1 aliphatic heterocycles. The molecule has 2 aromatic carbocycles. The molecular weight excluding hydrogens is 422 g/mol. The van der Waals surface area contributed by atoms with Gasteiger partial charge in [0.2, 0.25) is 0 Å². The van der Waals surface area contributed by atoms with Crippen molar-refractivity contribution in [1.29, 1.82) is 0 Å². The van der Waals surface area contributed by atoms with Crippen LogP contribution in [0.4, 0.5) is 11.4 Å². The molecule has 1 heterocycles. The van der Waals surface area contributed by atoms with Crippen LogP contribution in [0.1, 0.15) is 24.5 Å². The number of allylic oxidation sites excluding steroid dienone is 6. The molecule has 3 N–H and O–H groups in total. The molecule has 0 spiro atoms. The van der Waals surface area contributed by atoms with Crippen LogP contribution in [0.3, 0.4) is 0 Å². The summed E-state index contributed by atoms with van der Waals surface area (Å²) in [7, 11) is 0. The van der Waals surface area contributed by atoms with Crippen molar-refractivity contribution >= 4 is 23.2 Å². The number of benzene rings is 2. The molecule has 3 aliphatic rings. The van der Waals surface area contributed by atoms with Crippen LogP contribution in [-0.2, 0) is 16.0 Å². The molecule has 0 atom stereocenters. The molecule has 1 fully saturated rings. The minimum atomic E-state index is -0.562. The van der Waals surface area contributed by atoms with E-state index in [0.717, 1.165) is 17.8 Å². The number of carbonyl (C=O) groups is 2. The highest BCUT2D eigenvalue weighted by Crippen LogP contribution is 2.51. The summed E-state index contributed by atoms with van der Waals surface area (Å²) in [5.41, 5.74) is 10.9. The standard InChI is InChI=1S/C29H29N3O2/c1-29-22-8-4-10-24(29)27(33)32(28(34)25(29)11-5-9-22)18-6-17-31-26-12-3-2-7-21(26)19-20-13-15-23(30)16-14-20/h2-5,7-16,22,31H,6,17-19,30H2,1H3. The highest BCUT2D eigenvalue weighted by molar-refractivity contribution is 6.16. The molecule has 0 bridgehead atoms. The fraction of sp³-hybridized carbons (Fsp3) is 0.241. The molecule has 2 aliphatic carbocycles. The predicted octanol–water partition coefficient (Wildman–Crippen LogP) is 4.65. The summed E-state index contributed by atoms with van der Waals surface area (Å²) in [5, 5.41) is 3.50. The monoisotopic (exact) mass is 451 g/mol. The summed E-state index contributed by atoms with van der Waals surface area (Å²) in [6.45, 7) is 3.05. The molecule has 0 aromatic heterocycles. The Kier molecular flexibility index (Phi) is 5.70. The Morgan fingerprint density at radius 1 is 0.941 bits per heavy atom. The summed E-state index contributed by atoms with van der Waals surface area (Å²) in [6, 6.07) is 16.1. The van der Waals surface area contributed by atoms with Crippen LogP contribution in [-0.4, -0.2) is 29.8 Å². The number of likely N-dealkylation sites (tertiary alicyclic amines) is 1. The van der Waals surface area contributed by atoms with Crippen LogP contribution in [0.5, 0.6) is 0 Å². The van der Waals surface area contributed by atoms with E-state index in [-0.39, 0.29) is 17.7 Å². The molecule has 5 rings (SSSR count). The lowest BCUT2D eigenvalue weighted by Crippen LogP contribution is -2.54. The van der Waals surface area contributed by atoms with Gasteiger partial charge < -0.3 is 11.1 Å². The van der Waals surface area contributed by atoms with E-state index in [2.05, 4.69) is 29.6 Å². The van der Waals surface area contributed by atoms with Crippen molar-refractivity contribution in [3.8, 4) is 0 Å². The SMILES string of the molecule is CC12C3=CC=CC1C=CC=C2C(=O)N(CCCNc1ccccc1Cc1ccc(N)cc1)C3=O. The summed E-state index contributed by atoms with van der Waals surface area (Å²) in [6.07, 6.45) is 13.2. The second kappa shape index (κ2) is 8.82. The van der Waals surface area contributed by atoms with E-state index < -0.39 is 5.41 Å². The largest absolute Gasteiger partial charge is 0.399 e. The zero-order valence-corrected chi connectivity index (χ0v) is 19.3. The van der Waals surface area contributed by atoms with Gasteiger partial charge in [-0.05, 0) is 42.2 Å². The molecule has 2 aromatic rings. The van der Waals surface area contributed by atoms with E-state index in [4.69, 9.17) is 5.73 Å². The van der Waals surface area contributed by atoms with Gasteiger partial charge in [0.25, 0.3) is 11.8 Å². The zero-order chi connectivity index (χ0) is 23.7. The topological polar surface area (TPSA) is 75.4 Å². The number of hydrogen-bond acceptors (Lipinski definition) is 4. The number of hydrogen-bond donors (Lipinski definition) is 2. The summed E-state index contributed by atoms with van der Waals surface area (Å²) in [4.78, 5) is 28.0. The number of rotatable bonds is 7. The lowest BCUT2D eigenvalue weighted by atomic mass is 9.60. The predicted molar refractivity (Wildman–Crippen MR) is 136 cm³/mol. The first-order valence-corrected chi connectivity index (χ1v) is 11.8. The second-order valence-electron chi connectivity index (χ2n) is 9.28. The van der Waals surface area contributed by atoms with Crippen molar-refractivity contribution in [2.75, 3.05) is 24.1 Å².